The summed E-state index contributed by atoms with van der Waals surface area (Å²) in [5, 5.41) is 0. The van der Waals surface area contributed by atoms with E-state index in [2.05, 4.69) is 41.7 Å². The monoisotopic (exact) mass is 222 g/mol. The summed E-state index contributed by atoms with van der Waals surface area (Å²) in [5.41, 5.74) is 0. The van der Waals surface area contributed by atoms with Crippen molar-refractivity contribution in [1.82, 2.24) is 4.57 Å². The lowest BCUT2D eigenvalue weighted by Crippen LogP contribution is -2.28. The Morgan fingerprint density at radius 2 is 2.00 bits per heavy atom. The summed E-state index contributed by atoms with van der Waals surface area (Å²) in [4.78, 5) is 0. The molecule has 0 atom stereocenters. The van der Waals surface area contributed by atoms with Crippen molar-refractivity contribution in [3.63, 3.8) is 0 Å². The Balaban J connectivity index is 0.000000292. The first-order valence-corrected chi connectivity index (χ1v) is 5.46. The summed E-state index contributed by atoms with van der Waals surface area (Å²) in [6, 6.07) is 0. The van der Waals surface area contributed by atoms with Crippen LogP contribution < -0.4 is 4.57 Å². The highest BCUT2D eigenvalue weighted by atomic mass is 32.3. The second-order valence-corrected chi connectivity index (χ2v) is 3.36. The van der Waals surface area contributed by atoms with Gasteiger partial charge in [-0.15, -0.1) is 0 Å². The van der Waals surface area contributed by atoms with Gasteiger partial charge in [-0.3, -0.25) is 4.55 Å². The molecule has 7 heteroatoms. The fourth-order valence-corrected chi connectivity index (χ4v) is 0.813. The molecule has 0 saturated carbocycles. The highest BCUT2D eigenvalue weighted by Gasteiger charge is 1.95. The SMILES string of the molecule is CCn1cc[n+](CC)c1.O=S(=O)([O-])O. The van der Waals surface area contributed by atoms with E-state index in [1.165, 1.54) is 0 Å². The van der Waals surface area contributed by atoms with Gasteiger partial charge in [0.25, 0.3) is 0 Å². The quantitative estimate of drug-likeness (QED) is 0.427. The normalized spacial score (nSPS) is 10.6. The smallest absolute Gasteiger partial charge is 0.243 e. The van der Waals surface area contributed by atoms with E-state index in [9.17, 15) is 0 Å². The van der Waals surface area contributed by atoms with Crippen molar-refractivity contribution in [3.8, 4) is 0 Å². The maximum Gasteiger partial charge on any atom is 0.243 e. The molecule has 1 aromatic heterocycles. The van der Waals surface area contributed by atoms with Crippen molar-refractivity contribution in [1.29, 1.82) is 0 Å². The topological polar surface area (TPSA) is 86.2 Å². The summed E-state index contributed by atoms with van der Waals surface area (Å²) < 4.78 is 37.1. The number of nitrogens with zero attached hydrogens (tertiary/aromatic N) is 2. The van der Waals surface area contributed by atoms with Crippen LogP contribution in [0.25, 0.3) is 0 Å². The van der Waals surface area contributed by atoms with Crippen LogP contribution >= 0.6 is 0 Å². The van der Waals surface area contributed by atoms with Crippen LogP contribution in [-0.2, 0) is 23.5 Å². The van der Waals surface area contributed by atoms with Gasteiger partial charge in [-0.05, 0) is 13.8 Å². The minimum Gasteiger partial charge on any atom is -0.726 e. The third-order valence-electron chi connectivity index (χ3n) is 1.48. The standard InChI is InChI=1S/C7H13N2.H2O4S/c1-3-8-5-6-9(4-2)7-8;1-5(2,3)4/h5-7H,3-4H2,1-2H3;(H2,1,2,3,4)/q+1;/p-1. The fraction of sp³-hybridized carbons (Fsp3) is 0.571. The molecule has 1 rings (SSSR count). The van der Waals surface area contributed by atoms with Crippen molar-refractivity contribution < 1.29 is 22.1 Å². The molecule has 14 heavy (non-hydrogen) atoms. The Kier molecular flexibility index (Phi) is 5.36. The summed E-state index contributed by atoms with van der Waals surface area (Å²) in [7, 11) is -4.92. The second kappa shape index (κ2) is 5.74. The Morgan fingerprint density at radius 3 is 2.21 bits per heavy atom. The van der Waals surface area contributed by atoms with Crippen LogP contribution in [-0.4, -0.2) is 22.1 Å². The zero-order chi connectivity index (χ0) is 11.2. The van der Waals surface area contributed by atoms with E-state index in [0.717, 1.165) is 13.1 Å². The zero-order valence-corrected chi connectivity index (χ0v) is 8.94. The maximum absolute atomic E-state index is 8.63. The molecule has 0 amide bonds. The molecule has 0 unspecified atom stereocenters. The van der Waals surface area contributed by atoms with Gasteiger partial charge in [-0.1, -0.05) is 0 Å². The average molecular weight is 222 g/mol. The molecular weight excluding hydrogens is 208 g/mol. The first-order valence-electron chi connectivity index (χ1n) is 4.10. The van der Waals surface area contributed by atoms with E-state index < -0.39 is 10.4 Å². The van der Waals surface area contributed by atoms with Gasteiger partial charge in [0.05, 0.1) is 13.1 Å². The number of hydrogen-bond acceptors (Lipinski definition) is 3. The van der Waals surface area contributed by atoms with Gasteiger partial charge < -0.3 is 4.55 Å². The van der Waals surface area contributed by atoms with Crippen molar-refractivity contribution in [2.75, 3.05) is 0 Å². The van der Waals surface area contributed by atoms with Crippen LogP contribution in [0.4, 0.5) is 0 Å². The Labute approximate surface area is 83.4 Å². The molecule has 0 radical (unpaired) electrons. The van der Waals surface area contributed by atoms with E-state index >= 15 is 0 Å². The van der Waals surface area contributed by atoms with Gasteiger partial charge in [-0.25, -0.2) is 17.6 Å². The van der Waals surface area contributed by atoms with Crippen molar-refractivity contribution in [2.45, 2.75) is 26.9 Å². The zero-order valence-electron chi connectivity index (χ0n) is 8.12. The molecule has 0 aliphatic rings. The van der Waals surface area contributed by atoms with Crippen LogP contribution in [0, 0.1) is 0 Å². The largest absolute Gasteiger partial charge is 0.726 e. The lowest BCUT2D eigenvalue weighted by molar-refractivity contribution is -0.693. The lowest BCUT2D eigenvalue weighted by Gasteiger charge is -1.88. The molecule has 0 aromatic carbocycles. The molecular formula is C7H14N2O4S. The maximum atomic E-state index is 8.63. The molecule has 0 bridgehead atoms. The minimum atomic E-state index is -4.92. The number of aryl methyl sites for hydroxylation is 2. The van der Waals surface area contributed by atoms with Gasteiger partial charge in [0.15, 0.2) is 0 Å². The molecule has 0 spiro atoms. The fourth-order valence-electron chi connectivity index (χ4n) is 0.813. The predicted molar refractivity (Wildman–Crippen MR) is 48.3 cm³/mol. The van der Waals surface area contributed by atoms with E-state index in [-0.39, 0.29) is 0 Å². The van der Waals surface area contributed by atoms with Gasteiger partial charge >= 0.3 is 0 Å². The van der Waals surface area contributed by atoms with Crippen LogP contribution in [0.5, 0.6) is 0 Å². The summed E-state index contributed by atoms with van der Waals surface area (Å²) in [6.45, 7) is 6.40. The van der Waals surface area contributed by atoms with Crippen molar-refractivity contribution in [2.24, 2.45) is 0 Å². The van der Waals surface area contributed by atoms with E-state index in [1.807, 2.05) is 0 Å². The third-order valence-corrected chi connectivity index (χ3v) is 1.48. The first-order chi connectivity index (χ1) is 6.36. The van der Waals surface area contributed by atoms with Gasteiger partial charge in [0.2, 0.25) is 16.7 Å². The summed E-state index contributed by atoms with van der Waals surface area (Å²) in [5.74, 6) is 0. The molecule has 1 aromatic rings. The predicted octanol–water partition coefficient (Wildman–Crippen LogP) is -0.180. The van der Waals surface area contributed by atoms with Gasteiger partial charge in [0.1, 0.15) is 12.4 Å². The van der Waals surface area contributed by atoms with Crippen molar-refractivity contribution >= 4 is 10.4 Å². The highest BCUT2D eigenvalue weighted by molar-refractivity contribution is 7.79. The summed E-state index contributed by atoms with van der Waals surface area (Å²) >= 11 is 0. The molecule has 1 heterocycles. The van der Waals surface area contributed by atoms with Crippen LogP contribution in [0.1, 0.15) is 13.8 Å². The van der Waals surface area contributed by atoms with Gasteiger partial charge in [-0.2, -0.15) is 0 Å². The molecule has 0 fully saturated rings. The second-order valence-electron chi connectivity index (χ2n) is 2.50. The Bertz CT molecular complexity index is 331. The highest BCUT2D eigenvalue weighted by Crippen LogP contribution is 1.81. The molecule has 0 saturated heterocycles. The van der Waals surface area contributed by atoms with E-state index in [4.69, 9.17) is 17.5 Å². The molecule has 0 aliphatic carbocycles. The Hall–Kier alpha value is -0.920. The molecule has 82 valence electrons. The first kappa shape index (κ1) is 13.1. The van der Waals surface area contributed by atoms with Crippen LogP contribution in [0.3, 0.4) is 0 Å². The third kappa shape index (κ3) is 7.71. The average Bonchev–Trinajstić information content (AvgIpc) is 2.48. The van der Waals surface area contributed by atoms with E-state index in [0.29, 0.717) is 0 Å². The molecule has 6 nitrogen and oxygen atoms in total. The number of hydrogen-bond donors (Lipinski definition) is 1. The molecule has 1 N–H and O–H groups in total. The number of imidazole rings is 1. The van der Waals surface area contributed by atoms with Crippen LogP contribution in [0.15, 0.2) is 18.7 Å². The Morgan fingerprint density at radius 1 is 1.50 bits per heavy atom. The van der Waals surface area contributed by atoms with Crippen molar-refractivity contribution in [3.05, 3.63) is 18.7 Å². The molecule has 0 aliphatic heterocycles. The number of rotatable bonds is 2. The minimum absolute atomic E-state index is 1.06. The lowest BCUT2D eigenvalue weighted by atomic mass is 10.7. The van der Waals surface area contributed by atoms with Gasteiger partial charge in [0, 0.05) is 0 Å². The summed E-state index contributed by atoms with van der Waals surface area (Å²) in [6.07, 6.45) is 6.28. The van der Waals surface area contributed by atoms with E-state index in [1.54, 1.807) is 0 Å². The van der Waals surface area contributed by atoms with Crippen LogP contribution in [0.2, 0.25) is 0 Å². The number of aromatic nitrogens is 2.